The van der Waals surface area contributed by atoms with Crippen molar-refractivity contribution in [2.45, 2.75) is 20.3 Å². The lowest BCUT2D eigenvalue weighted by atomic mass is 10.1. The predicted molar refractivity (Wildman–Crippen MR) is 103 cm³/mol. The number of aromatic amines is 1. The number of carbonyl (C=O) groups excluding carboxylic acids is 3. The molecule has 1 aromatic heterocycles. The van der Waals surface area contributed by atoms with Crippen LogP contribution in [0.1, 0.15) is 39.0 Å². The van der Waals surface area contributed by atoms with Crippen LogP contribution >= 0.6 is 0 Å². The van der Waals surface area contributed by atoms with Gasteiger partial charge in [0, 0.05) is 18.8 Å². The second-order valence-electron chi connectivity index (χ2n) is 6.38. The number of hydrogen-bond donors (Lipinski definition) is 2. The molecule has 1 aliphatic rings. The molecule has 3 rings (SSSR count). The topological polar surface area (TPSA) is 101 Å². The average molecular weight is 385 g/mol. The third-order valence-electron chi connectivity index (χ3n) is 4.73. The molecule has 0 spiro atoms. The van der Waals surface area contributed by atoms with E-state index in [9.17, 15) is 14.4 Å². The molecule has 28 heavy (non-hydrogen) atoms. The highest BCUT2D eigenvalue weighted by Gasteiger charge is 2.26. The summed E-state index contributed by atoms with van der Waals surface area (Å²) in [7, 11) is 1.31. The number of carbonyl (C=O) groups is 3. The zero-order valence-electron chi connectivity index (χ0n) is 16.1. The molecular formula is C20H23N3O5. The number of esters is 1. The fraction of sp³-hybridized carbons (Fsp3) is 0.350. The fourth-order valence-electron chi connectivity index (χ4n) is 3.30. The number of ether oxygens (including phenoxy) is 2. The molecule has 0 radical (unpaired) electrons. The van der Waals surface area contributed by atoms with Gasteiger partial charge in [-0.2, -0.15) is 0 Å². The number of para-hydroxylation sites is 2. The minimum absolute atomic E-state index is 0.0248. The summed E-state index contributed by atoms with van der Waals surface area (Å²) < 4.78 is 10.2. The van der Waals surface area contributed by atoms with Crippen LogP contribution < -0.4 is 15.0 Å². The van der Waals surface area contributed by atoms with Crippen molar-refractivity contribution in [2.75, 3.05) is 31.7 Å². The number of nitrogens with one attached hydrogen (secondary N) is 2. The Labute approximate surface area is 162 Å². The zero-order chi connectivity index (χ0) is 20.3. The van der Waals surface area contributed by atoms with Gasteiger partial charge >= 0.3 is 5.97 Å². The molecule has 0 atom stereocenters. The van der Waals surface area contributed by atoms with Crippen molar-refractivity contribution in [3.05, 3.63) is 46.8 Å². The summed E-state index contributed by atoms with van der Waals surface area (Å²) in [5.41, 5.74) is 2.62. The van der Waals surface area contributed by atoms with Crippen LogP contribution in [0.15, 0.2) is 24.3 Å². The van der Waals surface area contributed by atoms with Crippen LogP contribution in [-0.4, -0.2) is 49.6 Å². The van der Waals surface area contributed by atoms with E-state index in [1.165, 1.54) is 7.11 Å². The first-order valence-corrected chi connectivity index (χ1v) is 9.08. The third-order valence-corrected chi connectivity index (χ3v) is 4.73. The number of H-pyrrole nitrogens is 1. The molecule has 8 heteroatoms. The first-order valence-electron chi connectivity index (χ1n) is 9.08. The Morgan fingerprint density at radius 3 is 2.79 bits per heavy atom. The van der Waals surface area contributed by atoms with Crippen LogP contribution in [0.3, 0.4) is 0 Å². The summed E-state index contributed by atoms with van der Waals surface area (Å²) in [6.45, 7) is 4.14. The van der Waals surface area contributed by atoms with Crippen LogP contribution in [0.5, 0.6) is 5.75 Å². The molecule has 0 unspecified atom stereocenters. The first-order chi connectivity index (χ1) is 13.5. The van der Waals surface area contributed by atoms with Gasteiger partial charge in [0.2, 0.25) is 0 Å². The minimum Gasteiger partial charge on any atom is -0.482 e. The van der Waals surface area contributed by atoms with E-state index >= 15 is 0 Å². The van der Waals surface area contributed by atoms with E-state index in [1.54, 1.807) is 24.0 Å². The van der Waals surface area contributed by atoms with Crippen molar-refractivity contribution in [3.8, 4) is 5.75 Å². The van der Waals surface area contributed by atoms with Gasteiger partial charge in [0.15, 0.2) is 6.61 Å². The van der Waals surface area contributed by atoms with Gasteiger partial charge in [-0.25, -0.2) is 4.79 Å². The number of hydrogen-bond acceptors (Lipinski definition) is 5. The van der Waals surface area contributed by atoms with E-state index in [2.05, 4.69) is 10.3 Å². The molecule has 2 N–H and O–H groups in total. The summed E-state index contributed by atoms with van der Waals surface area (Å²) in [6.07, 6.45) is 0.567. The van der Waals surface area contributed by atoms with Crippen LogP contribution in [-0.2, 0) is 16.0 Å². The van der Waals surface area contributed by atoms with Crippen molar-refractivity contribution in [1.29, 1.82) is 0 Å². The maximum Gasteiger partial charge on any atom is 0.339 e. The van der Waals surface area contributed by atoms with Gasteiger partial charge in [-0.15, -0.1) is 0 Å². The normalized spacial score (nSPS) is 13.0. The lowest BCUT2D eigenvalue weighted by molar-refractivity contribution is -0.121. The molecule has 0 saturated carbocycles. The fourth-order valence-corrected chi connectivity index (χ4v) is 3.30. The molecular weight excluding hydrogens is 362 g/mol. The summed E-state index contributed by atoms with van der Waals surface area (Å²) in [5.74, 6) is -0.328. The Morgan fingerprint density at radius 2 is 2.07 bits per heavy atom. The molecule has 0 bridgehead atoms. The predicted octanol–water partition coefficient (Wildman–Crippen LogP) is 1.83. The van der Waals surface area contributed by atoms with Crippen LogP contribution in [0.25, 0.3) is 0 Å². The van der Waals surface area contributed by atoms with Crippen LogP contribution in [0.2, 0.25) is 0 Å². The van der Waals surface area contributed by atoms with E-state index in [0.717, 1.165) is 0 Å². The van der Waals surface area contributed by atoms with Crippen molar-refractivity contribution in [3.63, 3.8) is 0 Å². The zero-order valence-corrected chi connectivity index (χ0v) is 16.1. The number of rotatable bonds is 6. The number of aryl methyl sites for hydroxylation is 1. The Morgan fingerprint density at radius 1 is 1.32 bits per heavy atom. The lowest BCUT2D eigenvalue weighted by Crippen LogP contribution is -2.43. The molecule has 148 valence electrons. The van der Waals surface area contributed by atoms with Gasteiger partial charge in [-0.1, -0.05) is 19.1 Å². The van der Waals surface area contributed by atoms with Crippen LogP contribution in [0.4, 0.5) is 5.69 Å². The van der Waals surface area contributed by atoms with Gasteiger partial charge in [-0.3, -0.25) is 9.59 Å². The molecule has 2 aromatic rings. The number of anilines is 1. The molecule has 2 amide bonds. The highest BCUT2D eigenvalue weighted by atomic mass is 16.5. The molecule has 2 heterocycles. The molecule has 1 aliphatic heterocycles. The summed E-state index contributed by atoms with van der Waals surface area (Å²) >= 11 is 0. The van der Waals surface area contributed by atoms with E-state index < -0.39 is 5.97 Å². The van der Waals surface area contributed by atoms with Crippen molar-refractivity contribution < 1.29 is 23.9 Å². The monoisotopic (exact) mass is 385 g/mol. The summed E-state index contributed by atoms with van der Waals surface area (Å²) in [4.78, 5) is 41.4. The smallest absolute Gasteiger partial charge is 0.339 e. The highest BCUT2D eigenvalue weighted by molar-refractivity contribution is 6.01. The Balaban J connectivity index is 1.69. The highest BCUT2D eigenvalue weighted by Crippen LogP contribution is 2.31. The minimum atomic E-state index is -0.472. The quantitative estimate of drug-likeness (QED) is 0.739. The van der Waals surface area contributed by atoms with E-state index in [1.807, 2.05) is 19.1 Å². The van der Waals surface area contributed by atoms with Gasteiger partial charge in [-0.05, 0) is 31.0 Å². The standard InChI is InChI=1S/C20H23N3O5/c1-4-13-17(20(26)27-3)12(2)18(22-13)19(25)21-9-10-23-14-7-5-6-8-15(14)28-11-16(23)24/h5-8,22H,4,9-11H2,1-3H3,(H,21,25). The average Bonchev–Trinajstić information content (AvgIpc) is 3.05. The van der Waals surface area contributed by atoms with E-state index in [4.69, 9.17) is 9.47 Å². The number of nitrogens with zero attached hydrogens (tertiary/aromatic N) is 1. The maximum atomic E-state index is 12.6. The van der Waals surface area contributed by atoms with Crippen molar-refractivity contribution in [1.82, 2.24) is 10.3 Å². The number of amides is 2. The van der Waals surface area contributed by atoms with E-state index in [-0.39, 0.29) is 25.0 Å². The molecule has 1 aromatic carbocycles. The maximum absolute atomic E-state index is 12.6. The van der Waals surface area contributed by atoms with Crippen molar-refractivity contribution in [2.24, 2.45) is 0 Å². The molecule has 8 nitrogen and oxygen atoms in total. The van der Waals surface area contributed by atoms with Gasteiger partial charge in [0.05, 0.1) is 18.4 Å². The number of methoxy groups -OCH3 is 1. The number of benzene rings is 1. The second kappa shape index (κ2) is 8.16. The largest absolute Gasteiger partial charge is 0.482 e. The molecule has 0 fully saturated rings. The van der Waals surface area contributed by atoms with Gasteiger partial charge in [0.1, 0.15) is 11.4 Å². The molecule has 0 saturated heterocycles. The SMILES string of the molecule is CCc1[nH]c(C(=O)NCCN2C(=O)COc3ccccc32)c(C)c1C(=O)OC. The number of aromatic nitrogens is 1. The van der Waals surface area contributed by atoms with Gasteiger partial charge < -0.3 is 24.7 Å². The number of fused-ring (bicyclic) bond motifs is 1. The Kier molecular flexibility index (Phi) is 5.67. The van der Waals surface area contributed by atoms with Crippen LogP contribution in [0, 0.1) is 6.92 Å². The van der Waals surface area contributed by atoms with Gasteiger partial charge in [0.25, 0.3) is 11.8 Å². The summed E-state index contributed by atoms with van der Waals surface area (Å²) in [6, 6.07) is 7.28. The van der Waals surface area contributed by atoms with E-state index in [0.29, 0.717) is 46.9 Å². The summed E-state index contributed by atoms with van der Waals surface area (Å²) in [5, 5.41) is 2.80. The Bertz CT molecular complexity index is 919. The Hall–Kier alpha value is -3.29. The third kappa shape index (κ3) is 3.58. The first kappa shape index (κ1) is 19.5. The van der Waals surface area contributed by atoms with Crippen molar-refractivity contribution >= 4 is 23.5 Å². The molecule has 0 aliphatic carbocycles. The lowest BCUT2D eigenvalue weighted by Gasteiger charge is -2.29. The second-order valence-corrected chi connectivity index (χ2v) is 6.38.